The summed E-state index contributed by atoms with van der Waals surface area (Å²) in [7, 11) is 0. The number of hydrogen-bond acceptors (Lipinski definition) is 2. The molecule has 0 aliphatic carbocycles. The van der Waals surface area contributed by atoms with E-state index in [1.54, 1.807) is 0 Å². The summed E-state index contributed by atoms with van der Waals surface area (Å²) in [6.07, 6.45) is 3.22. The number of nitrogens with two attached hydrogens (primary N) is 1. The van der Waals surface area contributed by atoms with E-state index in [9.17, 15) is 17.7 Å². The molecule has 0 aromatic carbocycles. The number of amides is 1. The number of hydrogen-bond donors (Lipinski definition) is 1. The van der Waals surface area contributed by atoms with E-state index in [1.807, 2.05) is 0 Å². The van der Waals surface area contributed by atoms with Crippen LogP contribution in [0.1, 0.15) is 15.9 Å². The van der Waals surface area contributed by atoms with Crippen LogP contribution in [0.15, 0.2) is 24.4 Å². The normalized spacial score (nSPS) is 11.2. The standard InChI is InChI=1S/C8H7BF3N2O.K/c10-9(11,12)3-1-6-5-14-4-2-7(6)8(13)15;/h1-5H,(H2,13,15);/q-1;+1/b3-1+;. The Hall–Kier alpha value is -0.149. The van der Waals surface area contributed by atoms with Crippen LogP contribution in [0.5, 0.6) is 0 Å². The fraction of sp³-hybridized carbons (Fsp3) is 0. The average Bonchev–Trinajstić information content (AvgIpc) is 2.14. The third-order valence-corrected chi connectivity index (χ3v) is 1.61. The number of primary amides is 1. The Morgan fingerprint density at radius 2 is 2.06 bits per heavy atom. The smallest absolute Gasteiger partial charge is 0.445 e. The second kappa shape index (κ2) is 6.55. The number of carbonyl (C=O) groups excluding carboxylic acids is 1. The number of nitrogens with zero attached hydrogens (tertiary/aromatic N) is 1. The minimum atomic E-state index is -5.03. The Morgan fingerprint density at radius 1 is 1.44 bits per heavy atom. The van der Waals surface area contributed by atoms with E-state index in [-0.39, 0.29) is 68.5 Å². The molecular formula is C8H7BF3KN2O. The first-order chi connectivity index (χ1) is 6.90. The molecule has 0 saturated heterocycles. The predicted octanol–water partition coefficient (Wildman–Crippen LogP) is -1.42. The molecule has 0 saturated carbocycles. The quantitative estimate of drug-likeness (QED) is 0.673. The summed E-state index contributed by atoms with van der Waals surface area (Å²) < 4.78 is 35.7. The van der Waals surface area contributed by atoms with Crippen LogP contribution >= 0.6 is 0 Å². The fourth-order valence-electron chi connectivity index (χ4n) is 0.977. The van der Waals surface area contributed by atoms with Gasteiger partial charge in [-0.05, 0) is 6.07 Å². The summed E-state index contributed by atoms with van der Waals surface area (Å²) in [6, 6.07) is 1.27. The predicted molar refractivity (Wildman–Crippen MR) is 50.9 cm³/mol. The van der Waals surface area contributed by atoms with Gasteiger partial charge in [-0.25, -0.2) is 0 Å². The number of carbonyl (C=O) groups is 1. The molecule has 0 unspecified atom stereocenters. The summed E-state index contributed by atoms with van der Waals surface area (Å²) in [5.74, 6) is -0.699. The molecular weight excluding hydrogens is 247 g/mol. The molecule has 16 heavy (non-hydrogen) atoms. The largest absolute Gasteiger partial charge is 1.00 e. The second-order valence-corrected chi connectivity index (χ2v) is 2.81. The van der Waals surface area contributed by atoms with Crippen LogP contribution in [0.25, 0.3) is 6.08 Å². The van der Waals surface area contributed by atoms with Crippen LogP contribution in [-0.4, -0.2) is 17.9 Å². The summed E-state index contributed by atoms with van der Waals surface area (Å²) >= 11 is 0. The zero-order valence-corrected chi connectivity index (χ0v) is 11.7. The van der Waals surface area contributed by atoms with E-state index in [4.69, 9.17) is 5.73 Å². The molecule has 80 valence electrons. The van der Waals surface area contributed by atoms with Gasteiger partial charge in [0.2, 0.25) is 5.91 Å². The van der Waals surface area contributed by atoms with Gasteiger partial charge < -0.3 is 18.7 Å². The van der Waals surface area contributed by atoms with Gasteiger partial charge in [-0.15, -0.1) is 5.98 Å². The van der Waals surface area contributed by atoms with Gasteiger partial charge in [-0.3, -0.25) is 9.78 Å². The first-order valence-corrected chi connectivity index (χ1v) is 4.03. The zero-order valence-electron chi connectivity index (χ0n) is 8.53. The minimum Gasteiger partial charge on any atom is -0.445 e. The molecule has 0 radical (unpaired) electrons. The fourth-order valence-corrected chi connectivity index (χ4v) is 0.977. The topological polar surface area (TPSA) is 56.0 Å². The Balaban J connectivity index is 0.00000225. The maximum Gasteiger partial charge on any atom is 1.00 e. The van der Waals surface area contributed by atoms with Crippen molar-refractivity contribution < 1.29 is 69.1 Å². The van der Waals surface area contributed by atoms with Gasteiger partial charge in [0.1, 0.15) is 0 Å². The van der Waals surface area contributed by atoms with Crippen LogP contribution in [0, 0.1) is 0 Å². The van der Waals surface area contributed by atoms with Crippen molar-refractivity contribution in [3.05, 3.63) is 35.6 Å². The van der Waals surface area contributed by atoms with Crippen molar-refractivity contribution in [1.82, 2.24) is 4.98 Å². The summed E-state index contributed by atoms with van der Waals surface area (Å²) in [5, 5.41) is 0. The Morgan fingerprint density at radius 3 is 2.56 bits per heavy atom. The van der Waals surface area contributed by atoms with Gasteiger partial charge in [0.05, 0.1) is 0 Å². The molecule has 3 nitrogen and oxygen atoms in total. The molecule has 1 aromatic rings. The molecule has 1 aromatic heterocycles. The van der Waals surface area contributed by atoms with Crippen molar-refractivity contribution in [2.45, 2.75) is 0 Å². The average molecular weight is 254 g/mol. The van der Waals surface area contributed by atoms with Gasteiger partial charge >= 0.3 is 58.4 Å². The van der Waals surface area contributed by atoms with Gasteiger partial charge in [0.25, 0.3) is 0 Å². The molecule has 0 fully saturated rings. The Kier molecular flexibility index (Phi) is 6.49. The molecule has 1 amide bonds. The van der Waals surface area contributed by atoms with Crippen molar-refractivity contribution in [2.75, 3.05) is 0 Å². The van der Waals surface area contributed by atoms with Gasteiger partial charge in [0, 0.05) is 23.5 Å². The van der Waals surface area contributed by atoms with Crippen LogP contribution in [0.2, 0.25) is 0 Å². The van der Waals surface area contributed by atoms with Gasteiger partial charge in [-0.1, -0.05) is 6.08 Å². The van der Waals surface area contributed by atoms with Crippen molar-refractivity contribution in [3.63, 3.8) is 0 Å². The molecule has 0 atom stereocenters. The first-order valence-electron chi connectivity index (χ1n) is 4.03. The number of rotatable bonds is 3. The maximum atomic E-state index is 11.9. The molecule has 1 heterocycles. The summed E-state index contributed by atoms with van der Waals surface area (Å²) in [4.78, 5) is 14.4. The summed E-state index contributed by atoms with van der Waals surface area (Å²) in [5.41, 5.74) is 5.05. The minimum absolute atomic E-state index is 0. The second-order valence-electron chi connectivity index (χ2n) is 2.81. The van der Waals surface area contributed by atoms with Crippen LogP contribution in [0.3, 0.4) is 0 Å². The van der Waals surface area contributed by atoms with E-state index < -0.39 is 12.9 Å². The first kappa shape index (κ1) is 15.9. The Bertz CT molecular complexity index is 409. The van der Waals surface area contributed by atoms with Crippen molar-refractivity contribution in [3.8, 4) is 0 Å². The van der Waals surface area contributed by atoms with Crippen molar-refractivity contribution in [2.24, 2.45) is 5.73 Å². The van der Waals surface area contributed by atoms with E-state index in [1.165, 1.54) is 12.3 Å². The molecule has 0 bridgehead atoms. The summed E-state index contributed by atoms with van der Waals surface area (Å²) in [6.45, 7) is -5.03. The van der Waals surface area contributed by atoms with E-state index >= 15 is 0 Å². The molecule has 2 N–H and O–H groups in total. The number of aromatic nitrogens is 1. The van der Waals surface area contributed by atoms with Gasteiger partial charge in [0.15, 0.2) is 0 Å². The van der Waals surface area contributed by atoms with E-state index in [2.05, 4.69) is 4.98 Å². The molecule has 0 spiro atoms. The molecule has 0 aliphatic heterocycles. The van der Waals surface area contributed by atoms with Crippen molar-refractivity contribution in [1.29, 1.82) is 0 Å². The SMILES string of the molecule is NC(=O)c1ccncc1/C=C/[B-](F)(F)F.[K+]. The molecule has 0 aliphatic rings. The zero-order chi connectivity index (χ0) is 11.5. The van der Waals surface area contributed by atoms with Crippen LogP contribution < -0.4 is 57.1 Å². The number of pyridine rings is 1. The van der Waals surface area contributed by atoms with E-state index in [0.29, 0.717) is 0 Å². The van der Waals surface area contributed by atoms with Gasteiger partial charge in [-0.2, -0.15) is 0 Å². The maximum absolute atomic E-state index is 11.9. The number of halogens is 3. The molecule has 8 heteroatoms. The van der Waals surface area contributed by atoms with Crippen LogP contribution in [0.4, 0.5) is 12.9 Å². The monoisotopic (exact) mass is 254 g/mol. The van der Waals surface area contributed by atoms with Crippen molar-refractivity contribution >= 4 is 19.0 Å². The molecule has 1 rings (SSSR count). The van der Waals surface area contributed by atoms with E-state index in [0.717, 1.165) is 12.3 Å². The van der Waals surface area contributed by atoms with Crippen LogP contribution in [-0.2, 0) is 0 Å². The Labute approximate surface area is 133 Å². The third kappa shape index (κ3) is 5.26. The third-order valence-electron chi connectivity index (χ3n) is 1.61.